The van der Waals surface area contributed by atoms with E-state index in [2.05, 4.69) is 12.1 Å². The Kier molecular flexibility index (Phi) is 9.01. The second-order valence-electron chi connectivity index (χ2n) is 9.30. The van der Waals surface area contributed by atoms with Crippen LogP contribution < -0.4 is 4.74 Å². The van der Waals surface area contributed by atoms with E-state index in [9.17, 15) is 9.59 Å². The molecule has 1 heterocycles. The van der Waals surface area contributed by atoms with Crippen molar-refractivity contribution in [3.05, 3.63) is 101 Å². The molecule has 1 atom stereocenters. The van der Waals surface area contributed by atoms with Crippen LogP contribution >= 0.6 is 11.6 Å². The zero-order valence-corrected chi connectivity index (χ0v) is 21.5. The highest BCUT2D eigenvalue weighted by atomic mass is 35.5. The number of rotatable bonds is 3. The average Bonchev–Trinajstić information content (AvgIpc) is 2.90. The molecule has 1 aliphatic rings. The van der Waals surface area contributed by atoms with Crippen molar-refractivity contribution in [2.75, 3.05) is 26.7 Å². The van der Waals surface area contributed by atoms with E-state index in [0.717, 1.165) is 31.2 Å². The monoisotopic (exact) mass is 504 g/mol. The SMILES string of the molecule is CN1CCCCCCN(C(=O)c2ccc(Cl)cc2)[C@@H](Cc2ccccc2)COc2ccccc2C1=O. The Morgan fingerprint density at radius 1 is 0.889 bits per heavy atom. The molecule has 3 aromatic carbocycles. The van der Waals surface area contributed by atoms with Crippen molar-refractivity contribution in [3.63, 3.8) is 0 Å². The topological polar surface area (TPSA) is 49.9 Å². The largest absolute Gasteiger partial charge is 0.491 e. The molecule has 3 aromatic rings. The molecule has 6 heteroatoms. The van der Waals surface area contributed by atoms with E-state index in [1.165, 1.54) is 0 Å². The molecule has 1 aliphatic heterocycles. The van der Waals surface area contributed by atoms with Gasteiger partial charge in [0, 0.05) is 30.7 Å². The Morgan fingerprint density at radius 2 is 1.56 bits per heavy atom. The van der Waals surface area contributed by atoms with Crippen molar-refractivity contribution in [3.8, 4) is 5.75 Å². The lowest BCUT2D eigenvalue weighted by atomic mass is 10.0. The van der Waals surface area contributed by atoms with E-state index < -0.39 is 0 Å². The maximum Gasteiger partial charge on any atom is 0.257 e. The van der Waals surface area contributed by atoms with Gasteiger partial charge in [-0.3, -0.25) is 9.59 Å². The maximum atomic E-state index is 13.8. The van der Waals surface area contributed by atoms with Gasteiger partial charge < -0.3 is 14.5 Å². The van der Waals surface area contributed by atoms with E-state index in [-0.39, 0.29) is 24.5 Å². The van der Waals surface area contributed by atoms with E-state index in [4.69, 9.17) is 16.3 Å². The Labute approximate surface area is 218 Å². The standard InChI is InChI=1S/C30H33ClN2O3/c1-32-19-9-2-3-10-20-33(29(34)24-15-17-25(31)18-16-24)26(21-23-11-5-4-6-12-23)22-36-28-14-8-7-13-27(28)30(32)35/h4-8,11-18,26H,2-3,9-10,19-22H2,1H3/t26-/m0/s1. The summed E-state index contributed by atoms with van der Waals surface area (Å²) in [6.45, 7) is 1.61. The summed E-state index contributed by atoms with van der Waals surface area (Å²) in [6, 6.07) is 24.4. The molecule has 5 nitrogen and oxygen atoms in total. The number of nitrogens with zero attached hydrogens (tertiary/aromatic N) is 2. The highest BCUT2D eigenvalue weighted by molar-refractivity contribution is 6.30. The van der Waals surface area contributed by atoms with Crippen LogP contribution in [0.5, 0.6) is 5.75 Å². The van der Waals surface area contributed by atoms with E-state index >= 15 is 0 Å². The van der Waals surface area contributed by atoms with Gasteiger partial charge in [-0.1, -0.05) is 66.9 Å². The summed E-state index contributed by atoms with van der Waals surface area (Å²) in [4.78, 5) is 30.6. The Hall–Kier alpha value is -3.31. The number of hydrogen-bond acceptors (Lipinski definition) is 3. The van der Waals surface area contributed by atoms with Crippen LogP contribution in [0.3, 0.4) is 0 Å². The van der Waals surface area contributed by atoms with E-state index in [1.54, 1.807) is 29.2 Å². The Balaban J connectivity index is 1.68. The van der Waals surface area contributed by atoms with Crippen molar-refractivity contribution < 1.29 is 14.3 Å². The molecule has 0 aromatic heterocycles. The van der Waals surface area contributed by atoms with E-state index in [0.29, 0.717) is 41.4 Å². The minimum atomic E-state index is -0.209. The normalized spacial score (nSPS) is 17.6. The van der Waals surface area contributed by atoms with Crippen LogP contribution in [0.4, 0.5) is 0 Å². The van der Waals surface area contributed by atoms with Crippen LogP contribution in [0.1, 0.15) is 52.0 Å². The summed E-state index contributed by atoms with van der Waals surface area (Å²) in [5.74, 6) is 0.465. The van der Waals surface area contributed by atoms with Crippen molar-refractivity contribution >= 4 is 23.4 Å². The van der Waals surface area contributed by atoms with Crippen molar-refractivity contribution in [2.24, 2.45) is 0 Å². The third-order valence-electron chi connectivity index (χ3n) is 6.64. The molecule has 0 aliphatic carbocycles. The summed E-state index contributed by atoms with van der Waals surface area (Å²) >= 11 is 6.08. The zero-order valence-electron chi connectivity index (χ0n) is 20.7. The summed E-state index contributed by atoms with van der Waals surface area (Å²) in [5, 5.41) is 0.600. The second kappa shape index (κ2) is 12.6. The van der Waals surface area contributed by atoms with Gasteiger partial charge in [0.1, 0.15) is 12.4 Å². The number of para-hydroxylation sites is 1. The van der Waals surface area contributed by atoms with Crippen LogP contribution in [0.15, 0.2) is 78.9 Å². The summed E-state index contributed by atoms with van der Waals surface area (Å²) < 4.78 is 6.31. The number of fused-ring (bicyclic) bond motifs is 1. The van der Waals surface area contributed by atoms with Crippen molar-refractivity contribution in [2.45, 2.75) is 38.1 Å². The number of ether oxygens (including phenoxy) is 1. The van der Waals surface area contributed by atoms with Gasteiger partial charge in [-0.15, -0.1) is 0 Å². The molecule has 0 radical (unpaired) electrons. The predicted molar refractivity (Wildman–Crippen MR) is 144 cm³/mol. The smallest absolute Gasteiger partial charge is 0.257 e. The zero-order chi connectivity index (χ0) is 25.3. The minimum absolute atomic E-state index is 0.0348. The summed E-state index contributed by atoms with van der Waals surface area (Å²) in [6.07, 6.45) is 4.45. The molecule has 0 unspecified atom stereocenters. The summed E-state index contributed by atoms with van der Waals surface area (Å²) in [5.41, 5.74) is 2.28. The van der Waals surface area contributed by atoms with E-state index in [1.807, 2.05) is 54.4 Å². The number of benzene rings is 3. The first-order valence-electron chi connectivity index (χ1n) is 12.6. The molecule has 4 rings (SSSR count). The van der Waals surface area contributed by atoms with Gasteiger partial charge in [0.2, 0.25) is 0 Å². The number of halogens is 1. The van der Waals surface area contributed by atoms with Gasteiger partial charge >= 0.3 is 0 Å². The molecule has 0 saturated carbocycles. The first-order valence-corrected chi connectivity index (χ1v) is 13.0. The fraction of sp³-hybridized carbons (Fsp3) is 0.333. The van der Waals surface area contributed by atoms with Crippen LogP contribution in [-0.2, 0) is 6.42 Å². The lowest BCUT2D eigenvalue weighted by Gasteiger charge is -2.33. The number of carbonyl (C=O) groups excluding carboxylic acids is 2. The van der Waals surface area contributed by atoms with Gasteiger partial charge in [-0.25, -0.2) is 0 Å². The molecule has 0 N–H and O–H groups in total. The highest BCUT2D eigenvalue weighted by Gasteiger charge is 2.27. The average molecular weight is 505 g/mol. The van der Waals surface area contributed by atoms with Gasteiger partial charge in [0.05, 0.1) is 11.6 Å². The first-order chi connectivity index (χ1) is 17.5. The minimum Gasteiger partial charge on any atom is -0.491 e. The van der Waals surface area contributed by atoms with Gasteiger partial charge in [0.15, 0.2) is 0 Å². The molecular weight excluding hydrogens is 472 g/mol. The van der Waals surface area contributed by atoms with Crippen LogP contribution in [0.2, 0.25) is 5.02 Å². The number of amides is 2. The summed E-state index contributed by atoms with van der Waals surface area (Å²) in [7, 11) is 1.84. The fourth-order valence-electron chi connectivity index (χ4n) is 4.60. The molecule has 2 amide bonds. The molecule has 36 heavy (non-hydrogen) atoms. The maximum absolute atomic E-state index is 13.8. The number of hydrogen-bond donors (Lipinski definition) is 0. The third kappa shape index (κ3) is 6.67. The quantitative estimate of drug-likeness (QED) is 0.432. The van der Waals surface area contributed by atoms with Gasteiger partial charge in [-0.05, 0) is 61.2 Å². The van der Waals surface area contributed by atoms with Crippen LogP contribution in [0.25, 0.3) is 0 Å². The highest BCUT2D eigenvalue weighted by Crippen LogP contribution is 2.23. The molecular formula is C30H33ClN2O3. The van der Waals surface area contributed by atoms with Crippen LogP contribution in [-0.4, -0.2) is 54.4 Å². The van der Waals surface area contributed by atoms with Gasteiger partial charge in [-0.2, -0.15) is 0 Å². The lowest BCUT2D eigenvalue weighted by Crippen LogP contribution is -2.45. The van der Waals surface area contributed by atoms with Crippen LogP contribution in [0, 0.1) is 0 Å². The van der Waals surface area contributed by atoms with Crippen molar-refractivity contribution in [1.82, 2.24) is 9.80 Å². The Bertz CT molecular complexity index is 1150. The van der Waals surface area contributed by atoms with Crippen molar-refractivity contribution in [1.29, 1.82) is 0 Å². The molecule has 0 fully saturated rings. The fourth-order valence-corrected chi connectivity index (χ4v) is 4.73. The first kappa shape index (κ1) is 25.8. The van der Waals surface area contributed by atoms with Gasteiger partial charge in [0.25, 0.3) is 11.8 Å². The molecule has 0 saturated heterocycles. The third-order valence-corrected chi connectivity index (χ3v) is 6.90. The predicted octanol–water partition coefficient (Wildman–Crippen LogP) is 6.12. The molecule has 188 valence electrons. The molecule has 0 bridgehead atoms. The second-order valence-corrected chi connectivity index (χ2v) is 9.73. The number of carbonyl (C=O) groups is 2. The molecule has 0 spiro atoms. The lowest BCUT2D eigenvalue weighted by molar-refractivity contribution is 0.0599. The Morgan fingerprint density at radius 3 is 2.31 bits per heavy atom.